The fraction of sp³-hybridized carbons (Fsp3) is 0.111. The van der Waals surface area contributed by atoms with E-state index in [1.165, 1.54) is 43.3 Å². The van der Waals surface area contributed by atoms with Gasteiger partial charge in [0.2, 0.25) is 11.8 Å². The van der Waals surface area contributed by atoms with Crippen molar-refractivity contribution in [3.05, 3.63) is 63.1 Å². The molecule has 0 saturated carbocycles. The SMILES string of the molecule is C[C@@H](C(=O)Nc1ccc(C(N)=O)cc1)N1C(=O)c2cc(Cl)c(Cl)cc2C1=O. The van der Waals surface area contributed by atoms with E-state index in [9.17, 15) is 19.2 Å². The number of imide groups is 1. The van der Waals surface area contributed by atoms with Crippen molar-refractivity contribution in [2.45, 2.75) is 13.0 Å². The number of benzene rings is 2. The van der Waals surface area contributed by atoms with Crippen molar-refractivity contribution < 1.29 is 19.2 Å². The van der Waals surface area contributed by atoms with Gasteiger partial charge in [-0.25, -0.2) is 0 Å². The van der Waals surface area contributed by atoms with Crippen molar-refractivity contribution in [2.24, 2.45) is 5.73 Å². The fourth-order valence-electron chi connectivity index (χ4n) is 2.69. The van der Waals surface area contributed by atoms with Crippen LogP contribution in [0.1, 0.15) is 38.0 Å². The Bertz CT molecular complexity index is 948. The minimum atomic E-state index is -1.08. The molecule has 0 unspecified atom stereocenters. The topological polar surface area (TPSA) is 110 Å². The minimum absolute atomic E-state index is 0.0971. The van der Waals surface area contributed by atoms with Gasteiger partial charge in [-0.3, -0.25) is 24.1 Å². The first-order valence-corrected chi connectivity index (χ1v) is 8.54. The van der Waals surface area contributed by atoms with Crippen LogP contribution >= 0.6 is 23.2 Å². The molecule has 9 heteroatoms. The Hall–Kier alpha value is -2.90. The van der Waals surface area contributed by atoms with Gasteiger partial charge in [0.1, 0.15) is 6.04 Å². The molecule has 1 aliphatic rings. The van der Waals surface area contributed by atoms with Gasteiger partial charge in [0, 0.05) is 11.3 Å². The van der Waals surface area contributed by atoms with Gasteiger partial charge in [0.05, 0.1) is 21.2 Å². The van der Waals surface area contributed by atoms with E-state index in [1.54, 1.807) is 0 Å². The Morgan fingerprint density at radius 3 is 1.93 bits per heavy atom. The molecule has 27 heavy (non-hydrogen) atoms. The molecule has 1 heterocycles. The van der Waals surface area contributed by atoms with Crippen molar-refractivity contribution >= 4 is 52.5 Å². The molecule has 0 spiro atoms. The number of anilines is 1. The molecule has 1 aliphatic heterocycles. The van der Waals surface area contributed by atoms with Crippen LogP contribution in [-0.4, -0.2) is 34.6 Å². The molecule has 0 fully saturated rings. The van der Waals surface area contributed by atoms with Crippen LogP contribution in [0.25, 0.3) is 0 Å². The van der Waals surface area contributed by atoms with Gasteiger partial charge in [-0.1, -0.05) is 23.2 Å². The second-order valence-corrected chi connectivity index (χ2v) is 6.71. The Morgan fingerprint density at radius 2 is 1.48 bits per heavy atom. The van der Waals surface area contributed by atoms with E-state index in [0.29, 0.717) is 5.69 Å². The van der Waals surface area contributed by atoms with E-state index < -0.39 is 29.7 Å². The van der Waals surface area contributed by atoms with E-state index >= 15 is 0 Å². The Labute approximate surface area is 164 Å². The number of amides is 4. The molecule has 0 bridgehead atoms. The summed E-state index contributed by atoms with van der Waals surface area (Å²) in [5, 5.41) is 2.87. The van der Waals surface area contributed by atoms with Crippen molar-refractivity contribution in [3.63, 3.8) is 0 Å². The van der Waals surface area contributed by atoms with Crippen LogP contribution in [0.2, 0.25) is 10.0 Å². The van der Waals surface area contributed by atoms with E-state index in [1.807, 2.05) is 0 Å². The average molecular weight is 406 g/mol. The molecule has 0 aliphatic carbocycles. The lowest BCUT2D eigenvalue weighted by atomic mass is 10.1. The number of nitrogens with one attached hydrogen (secondary N) is 1. The summed E-state index contributed by atoms with van der Waals surface area (Å²) in [6, 6.07) is 7.44. The Kier molecular flexibility index (Phi) is 4.91. The van der Waals surface area contributed by atoms with Gasteiger partial charge in [0.25, 0.3) is 11.8 Å². The summed E-state index contributed by atoms with van der Waals surface area (Å²) in [5.41, 5.74) is 6.03. The number of primary amides is 1. The summed E-state index contributed by atoms with van der Waals surface area (Å²) in [6.07, 6.45) is 0. The number of rotatable bonds is 4. The average Bonchev–Trinajstić information content (AvgIpc) is 2.85. The molecule has 1 atom stereocenters. The number of halogens is 2. The van der Waals surface area contributed by atoms with Gasteiger partial charge in [-0.05, 0) is 43.3 Å². The molecule has 3 rings (SSSR count). The smallest absolute Gasteiger partial charge is 0.262 e. The summed E-state index contributed by atoms with van der Waals surface area (Å²) >= 11 is 11.8. The number of nitrogens with two attached hydrogens (primary N) is 1. The van der Waals surface area contributed by atoms with E-state index in [0.717, 1.165) is 4.90 Å². The van der Waals surface area contributed by atoms with E-state index in [2.05, 4.69) is 5.32 Å². The van der Waals surface area contributed by atoms with Crippen LogP contribution in [0, 0.1) is 0 Å². The van der Waals surface area contributed by atoms with Crippen LogP contribution in [0.4, 0.5) is 5.69 Å². The zero-order chi connectivity index (χ0) is 19.9. The molecule has 2 aromatic carbocycles. The van der Waals surface area contributed by atoms with E-state index in [-0.39, 0.29) is 26.7 Å². The molecule has 7 nitrogen and oxygen atoms in total. The lowest BCUT2D eigenvalue weighted by Gasteiger charge is -2.21. The summed E-state index contributed by atoms with van der Waals surface area (Å²) in [5.74, 6) is -2.42. The molecule has 0 radical (unpaired) electrons. The van der Waals surface area contributed by atoms with Gasteiger partial charge in [-0.2, -0.15) is 0 Å². The first-order valence-electron chi connectivity index (χ1n) is 7.78. The molecular weight excluding hydrogens is 393 g/mol. The summed E-state index contributed by atoms with van der Waals surface area (Å²) < 4.78 is 0. The maximum Gasteiger partial charge on any atom is 0.262 e. The largest absolute Gasteiger partial charge is 0.366 e. The minimum Gasteiger partial charge on any atom is -0.366 e. The molecular formula is C18H13Cl2N3O4. The summed E-state index contributed by atoms with van der Waals surface area (Å²) in [7, 11) is 0. The Morgan fingerprint density at radius 1 is 1.00 bits per heavy atom. The third-order valence-electron chi connectivity index (χ3n) is 4.16. The molecule has 138 valence electrons. The monoisotopic (exact) mass is 405 g/mol. The lowest BCUT2D eigenvalue weighted by molar-refractivity contribution is -0.119. The van der Waals surface area contributed by atoms with Gasteiger partial charge in [-0.15, -0.1) is 0 Å². The number of hydrogen-bond donors (Lipinski definition) is 2. The normalized spacial score (nSPS) is 14.1. The highest BCUT2D eigenvalue weighted by Crippen LogP contribution is 2.32. The lowest BCUT2D eigenvalue weighted by Crippen LogP contribution is -2.45. The van der Waals surface area contributed by atoms with Crippen molar-refractivity contribution in [1.29, 1.82) is 0 Å². The van der Waals surface area contributed by atoms with Crippen LogP contribution in [0.15, 0.2) is 36.4 Å². The maximum absolute atomic E-state index is 12.6. The first-order chi connectivity index (χ1) is 12.7. The molecule has 0 aromatic heterocycles. The number of carbonyl (C=O) groups excluding carboxylic acids is 4. The Balaban J connectivity index is 1.80. The number of hydrogen-bond acceptors (Lipinski definition) is 4. The predicted octanol–water partition coefficient (Wildman–Crippen LogP) is 2.72. The van der Waals surface area contributed by atoms with Crippen molar-refractivity contribution in [3.8, 4) is 0 Å². The first kappa shape index (κ1) is 18.9. The molecule has 4 amide bonds. The van der Waals surface area contributed by atoms with Gasteiger partial charge in [0.15, 0.2) is 0 Å². The quantitative estimate of drug-likeness (QED) is 0.761. The number of nitrogens with zero attached hydrogens (tertiary/aromatic N) is 1. The van der Waals surface area contributed by atoms with Crippen LogP contribution in [0.3, 0.4) is 0 Å². The highest BCUT2D eigenvalue weighted by molar-refractivity contribution is 6.43. The highest BCUT2D eigenvalue weighted by atomic mass is 35.5. The zero-order valence-corrected chi connectivity index (χ0v) is 15.5. The second-order valence-electron chi connectivity index (χ2n) is 5.90. The van der Waals surface area contributed by atoms with Crippen LogP contribution in [0.5, 0.6) is 0 Å². The van der Waals surface area contributed by atoms with Crippen molar-refractivity contribution in [2.75, 3.05) is 5.32 Å². The maximum atomic E-state index is 12.6. The van der Waals surface area contributed by atoms with Crippen molar-refractivity contribution in [1.82, 2.24) is 4.90 Å². The van der Waals surface area contributed by atoms with Gasteiger partial charge < -0.3 is 11.1 Å². The molecule has 2 aromatic rings. The standard InChI is InChI=1S/C18H13Cl2N3O4/c1-8(16(25)22-10-4-2-9(3-5-10)15(21)24)23-17(26)11-6-13(19)14(20)7-12(11)18(23)27/h2-8H,1H3,(H2,21,24)(H,22,25)/t8-/m0/s1. The predicted molar refractivity (Wildman–Crippen MR) is 100 cm³/mol. The number of fused-ring (bicyclic) bond motifs is 1. The van der Waals surface area contributed by atoms with Gasteiger partial charge >= 0.3 is 0 Å². The third-order valence-corrected chi connectivity index (χ3v) is 4.88. The third kappa shape index (κ3) is 3.39. The van der Waals surface area contributed by atoms with E-state index in [4.69, 9.17) is 28.9 Å². The number of carbonyl (C=O) groups is 4. The fourth-order valence-corrected chi connectivity index (χ4v) is 3.01. The van der Waals surface area contributed by atoms with Crippen LogP contribution in [-0.2, 0) is 4.79 Å². The molecule has 3 N–H and O–H groups in total. The second kappa shape index (κ2) is 7.02. The van der Waals surface area contributed by atoms with Crippen LogP contribution < -0.4 is 11.1 Å². The zero-order valence-electron chi connectivity index (χ0n) is 14.0. The molecule has 0 saturated heterocycles. The summed E-state index contributed by atoms with van der Waals surface area (Å²) in [6.45, 7) is 1.43. The highest BCUT2D eigenvalue weighted by Gasteiger charge is 2.41. The summed E-state index contributed by atoms with van der Waals surface area (Å²) in [4.78, 5) is 49.5.